The average molecular weight is 313 g/mol. The summed E-state index contributed by atoms with van der Waals surface area (Å²) in [6, 6.07) is 4.67. The number of hydrogen-bond donors (Lipinski definition) is 2. The predicted octanol–water partition coefficient (Wildman–Crippen LogP) is 1.32. The van der Waals surface area contributed by atoms with E-state index in [1.54, 1.807) is 0 Å². The van der Waals surface area contributed by atoms with Crippen LogP contribution in [-0.2, 0) is 14.6 Å². The molecular formula is C14H19NO5S. The number of aliphatic carboxylic acids is 1. The van der Waals surface area contributed by atoms with Crippen LogP contribution in [0.2, 0.25) is 0 Å². The average Bonchev–Trinajstić information content (AvgIpc) is 2.36. The van der Waals surface area contributed by atoms with Gasteiger partial charge in [0.25, 0.3) is 5.91 Å². The Morgan fingerprint density at radius 1 is 1.24 bits per heavy atom. The topological polar surface area (TPSA) is 101 Å². The van der Waals surface area contributed by atoms with Gasteiger partial charge in [0.1, 0.15) is 6.04 Å². The quantitative estimate of drug-likeness (QED) is 0.825. The standard InChI is InChI=1S/C14H19NO5S/c1-9(2)8-11(14(17)18)15-13(16)10-6-4-5-7-12(10)21(3,19)20/h4-7,9,11H,8H2,1-3H3,(H,15,16)(H,17,18)/t11-/m1/s1. The molecule has 0 aliphatic carbocycles. The molecule has 0 spiro atoms. The van der Waals surface area contributed by atoms with Gasteiger partial charge < -0.3 is 10.4 Å². The van der Waals surface area contributed by atoms with Gasteiger partial charge >= 0.3 is 5.97 Å². The smallest absolute Gasteiger partial charge is 0.326 e. The summed E-state index contributed by atoms with van der Waals surface area (Å²) < 4.78 is 23.3. The van der Waals surface area contributed by atoms with Crippen LogP contribution in [0, 0.1) is 5.92 Å². The summed E-state index contributed by atoms with van der Waals surface area (Å²) in [7, 11) is -3.57. The van der Waals surface area contributed by atoms with Gasteiger partial charge in [0.2, 0.25) is 0 Å². The second-order valence-electron chi connectivity index (χ2n) is 5.26. The predicted molar refractivity (Wildman–Crippen MR) is 77.9 cm³/mol. The third-order valence-corrected chi connectivity index (χ3v) is 4.00. The Kier molecular flexibility index (Phi) is 5.48. The molecule has 0 aliphatic heterocycles. The van der Waals surface area contributed by atoms with Gasteiger partial charge in [0, 0.05) is 6.26 Å². The Balaban J connectivity index is 3.07. The number of carbonyl (C=O) groups excluding carboxylic acids is 1. The highest BCUT2D eigenvalue weighted by atomic mass is 32.2. The van der Waals surface area contributed by atoms with Gasteiger partial charge in [-0.2, -0.15) is 0 Å². The van der Waals surface area contributed by atoms with Crippen molar-refractivity contribution in [3.05, 3.63) is 29.8 Å². The van der Waals surface area contributed by atoms with E-state index in [-0.39, 0.29) is 22.8 Å². The van der Waals surface area contributed by atoms with Gasteiger partial charge in [-0.1, -0.05) is 26.0 Å². The fraction of sp³-hybridized carbons (Fsp3) is 0.429. The molecule has 1 atom stereocenters. The Labute approximate surface area is 124 Å². The van der Waals surface area contributed by atoms with E-state index in [9.17, 15) is 18.0 Å². The first kappa shape index (κ1) is 17.2. The number of carboxylic acids is 1. The van der Waals surface area contributed by atoms with Crippen LogP contribution in [0.3, 0.4) is 0 Å². The molecule has 1 rings (SSSR count). The molecule has 1 aromatic carbocycles. The lowest BCUT2D eigenvalue weighted by molar-refractivity contribution is -0.139. The van der Waals surface area contributed by atoms with Crippen molar-refractivity contribution in [1.29, 1.82) is 0 Å². The fourth-order valence-electron chi connectivity index (χ4n) is 1.91. The SMILES string of the molecule is CC(C)C[C@@H](NC(=O)c1ccccc1S(C)(=O)=O)C(=O)O. The third kappa shape index (κ3) is 4.86. The zero-order valence-electron chi connectivity index (χ0n) is 12.2. The zero-order valence-corrected chi connectivity index (χ0v) is 13.0. The maximum absolute atomic E-state index is 12.2. The maximum Gasteiger partial charge on any atom is 0.326 e. The second kappa shape index (κ2) is 6.71. The molecule has 0 radical (unpaired) electrons. The number of carbonyl (C=O) groups is 2. The van der Waals surface area contributed by atoms with Gasteiger partial charge in [-0.3, -0.25) is 4.79 Å². The van der Waals surface area contributed by atoms with Gasteiger partial charge in [-0.15, -0.1) is 0 Å². The first-order valence-corrected chi connectivity index (χ1v) is 8.34. The molecule has 0 heterocycles. The van der Waals surface area contributed by atoms with Gasteiger partial charge in [0.15, 0.2) is 9.84 Å². The Morgan fingerprint density at radius 3 is 2.29 bits per heavy atom. The van der Waals surface area contributed by atoms with Crippen LogP contribution < -0.4 is 5.32 Å². The van der Waals surface area contributed by atoms with E-state index in [2.05, 4.69) is 5.32 Å². The number of benzene rings is 1. The van der Waals surface area contributed by atoms with Crippen molar-refractivity contribution >= 4 is 21.7 Å². The number of sulfone groups is 1. The highest BCUT2D eigenvalue weighted by Crippen LogP contribution is 2.16. The Bertz CT molecular complexity index is 637. The Morgan fingerprint density at radius 2 is 1.81 bits per heavy atom. The van der Waals surface area contributed by atoms with Crippen molar-refractivity contribution in [1.82, 2.24) is 5.32 Å². The monoisotopic (exact) mass is 313 g/mol. The minimum atomic E-state index is -3.57. The summed E-state index contributed by atoms with van der Waals surface area (Å²) in [5.41, 5.74) is -0.0463. The molecule has 0 saturated heterocycles. The van der Waals surface area contributed by atoms with Crippen molar-refractivity contribution in [3.63, 3.8) is 0 Å². The summed E-state index contributed by atoms with van der Waals surface area (Å²) in [4.78, 5) is 23.2. The van der Waals surface area contributed by atoms with E-state index >= 15 is 0 Å². The fourth-order valence-corrected chi connectivity index (χ4v) is 2.79. The number of rotatable bonds is 6. The molecule has 1 aromatic rings. The van der Waals surface area contributed by atoms with E-state index in [4.69, 9.17) is 5.11 Å². The summed E-state index contributed by atoms with van der Waals surface area (Å²) in [6.07, 6.45) is 1.27. The molecule has 0 aliphatic rings. The molecule has 116 valence electrons. The van der Waals surface area contributed by atoms with Crippen LogP contribution in [0.4, 0.5) is 0 Å². The third-order valence-electron chi connectivity index (χ3n) is 2.84. The van der Waals surface area contributed by atoms with E-state index in [1.165, 1.54) is 24.3 Å². The highest BCUT2D eigenvalue weighted by molar-refractivity contribution is 7.90. The van der Waals surface area contributed by atoms with Crippen LogP contribution in [0.1, 0.15) is 30.6 Å². The molecular weight excluding hydrogens is 294 g/mol. The summed E-state index contributed by atoms with van der Waals surface area (Å²) in [6.45, 7) is 3.68. The van der Waals surface area contributed by atoms with Crippen molar-refractivity contribution < 1.29 is 23.1 Å². The van der Waals surface area contributed by atoms with Crippen LogP contribution in [-0.4, -0.2) is 37.7 Å². The lowest BCUT2D eigenvalue weighted by Crippen LogP contribution is -2.42. The molecule has 2 N–H and O–H groups in total. The first-order chi connectivity index (χ1) is 9.62. The van der Waals surface area contributed by atoms with Crippen molar-refractivity contribution in [2.75, 3.05) is 6.26 Å². The van der Waals surface area contributed by atoms with Gasteiger partial charge in [-0.05, 0) is 24.5 Å². The zero-order chi connectivity index (χ0) is 16.2. The molecule has 21 heavy (non-hydrogen) atoms. The number of amides is 1. The van der Waals surface area contributed by atoms with Gasteiger partial charge in [-0.25, -0.2) is 13.2 Å². The lowest BCUT2D eigenvalue weighted by Gasteiger charge is -2.17. The second-order valence-corrected chi connectivity index (χ2v) is 7.25. The highest BCUT2D eigenvalue weighted by Gasteiger charge is 2.24. The summed E-state index contributed by atoms with van der Waals surface area (Å²) in [5.74, 6) is -1.77. The van der Waals surface area contributed by atoms with Crippen LogP contribution in [0.25, 0.3) is 0 Å². The van der Waals surface area contributed by atoms with E-state index in [0.717, 1.165) is 6.26 Å². The number of carboxylic acid groups (broad SMARTS) is 1. The molecule has 1 amide bonds. The molecule has 6 nitrogen and oxygen atoms in total. The minimum Gasteiger partial charge on any atom is -0.480 e. The van der Waals surface area contributed by atoms with E-state index < -0.39 is 27.8 Å². The lowest BCUT2D eigenvalue weighted by atomic mass is 10.0. The largest absolute Gasteiger partial charge is 0.480 e. The van der Waals surface area contributed by atoms with E-state index in [0.29, 0.717) is 0 Å². The summed E-state index contributed by atoms with van der Waals surface area (Å²) >= 11 is 0. The number of hydrogen-bond acceptors (Lipinski definition) is 4. The molecule has 0 unspecified atom stereocenters. The van der Waals surface area contributed by atoms with Gasteiger partial charge in [0.05, 0.1) is 10.5 Å². The van der Waals surface area contributed by atoms with Crippen LogP contribution >= 0.6 is 0 Å². The van der Waals surface area contributed by atoms with E-state index in [1.807, 2.05) is 13.8 Å². The summed E-state index contributed by atoms with van der Waals surface area (Å²) in [5, 5.41) is 11.5. The molecule has 0 fully saturated rings. The normalized spacial score (nSPS) is 13.0. The minimum absolute atomic E-state index is 0.0463. The van der Waals surface area contributed by atoms with Crippen molar-refractivity contribution in [2.45, 2.75) is 31.2 Å². The van der Waals surface area contributed by atoms with Crippen LogP contribution in [0.5, 0.6) is 0 Å². The van der Waals surface area contributed by atoms with Crippen molar-refractivity contribution in [3.8, 4) is 0 Å². The Hall–Kier alpha value is -1.89. The molecule has 0 saturated carbocycles. The molecule has 7 heteroatoms. The molecule has 0 bridgehead atoms. The van der Waals surface area contributed by atoms with Crippen molar-refractivity contribution in [2.24, 2.45) is 5.92 Å². The number of nitrogens with one attached hydrogen (secondary N) is 1. The maximum atomic E-state index is 12.2. The first-order valence-electron chi connectivity index (χ1n) is 6.45. The molecule has 0 aromatic heterocycles. The van der Waals surface area contributed by atoms with Crippen LogP contribution in [0.15, 0.2) is 29.2 Å².